The van der Waals surface area contributed by atoms with Crippen molar-refractivity contribution in [1.82, 2.24) is 5.01 Å². The molecule has 1 N–H and O–H groups in total. The van der Waals surface area contributed by atoms with Gasteiger partial charge in [0.1, 0.15) is 11.1 Å². The maximum Gasteiger partial charge on any atom is 0.262 e. The normalized spacial score (nSPS) is 19.5. The van der Waals surface area contributed by atoms with Gasteiger partial charge in [0, 0.05) is 23.6 Å². The Morgan fingerprint density at radius 3 is 2.49 bits per heavy atom. The van der Waals surface area contributed by atoms with Gasteiger partial charge in [0.25, 0.3) is 5.91 Å². The number of carbonyl (C=O) groups excluding carboxylic acids is 2. The number of aliphatic imine (C=N–C) groups is 1. The van der Waals surface area contributed by atoms with E-state index in [4.69, 9.17) is 16.7 Å². The van der Waals surface area contributed by atoms with Crippen molar-refractivity contribution < 1.29 is 14.0 Å². The van der Waals surface area contributed by atoms with Crippen molar-refractivity contribution >= 4 is 51.7 Å². The number of hydrogen-bond donors (Lipinski definition) is 1. The van der Waals surface area contributed by atoms with Gasteiger partial charge in [0.2, 0.25) is 5.91 Å². The highest BCUT2D eigenvalue weighted by Gasteiger charge is 2.39. The predicted octanol–water partition coefficient (Wildman–Crippen LogP) is 5.66. The van der Waals surface area contributed by atoms with Crippen LogP contribution >= 0.6 is 23.4 Å². The van der Waals surface area contributed by atoms with Crippen LogP contribution in [0.5, 0.6) is 0 Å². The number of hydrazone groups is 1. The second kappa shape index (κ2) is 10.0. The van der Waals surface area contributed by atoms with Crippen LogP contribution < -0.4 is 5.32 Å². The van der Waals surface area contributed by atoms with Gasteiger partial charge in [0.05, 0.1) is 11.8 Å². The maximum absolute atomic E-state index is 13.6. The van der Waals surface area contributed by atoms with Gasteiger partial charge in [-0.3, -0.25) is 9.59 Å². The molecule has 0 bridgehead atoms. The monoisotopic (exact) mass is 506 g/mol. The summed E-state index contributed by atoms with van der Waals surface area (Å²) in [5, 5.41) is 9.63. The molecule has 0 saturated carbocycles. The summed E-state index contributed by atoms with van der Waals surface area (Å²) in [4.78, 5) is 29.5. The van der Waals surface area contributed by atoms with E-state index < -0.39 is 5.25 Å². The first-order valence-electron chi connectivity index (χ1n) is 11.0. The Hall–Kier alpha value is -3.49. The number of benzene rings is 3. The van der Waals surface area contributed by atoms with Gasteiger partial charge in [-0.05, 0) is 47.5 Å². The summed E-state index contributed by atoms with van der Waals surface area (Å²) in [5.41, 5.74) is 3.28. The van der Waals surface area contributed by atoms with Crippen molar-refractivity contribution in [2.24, 2.45) is 10.1 Å². The van der Waals surface area contributed by atoms with Crippen LogP contribution in [0.15, 0.2) is 89.0 Å². The SMILES string of the molecule is O=C(C[C@H]1SC(N2N=C(c3ccccc3)C[C@@H]2c2ccc(F)cc2)=NC1=O)Nc1ccc(Cl)cc1. The first-order chi connectivity index (χ1) is 17.0. The summed E-state index contributed by atoms with van der Waals surface area (Å²) in [6.45, 7) is 0. The van der Waals surface area contributed by atoms with Gasteiger partial charge in [0.15, 0.2) is 5.17 Å². The Bertz CT molecular complexity index is 1310. The fourth-order valence-corrected chi connectivity index (χ4v) is 5.14. The summed E-state index contributed by atoms with van der Waals surface area (Å²) < 4.78 is 13.6. The van der Waals surface area contributed by atoms with Crippen LogP contribution in [0.1, 0.15) is 30.0 Å². The van der Waals surface area contributed by atoms with E-state index in [1.807, 2.05) is 30.3 Å². The highest BCUT2D eigenvalue weighted by atomic mass is 35.5. The molecule has 2 aliphatic rings. The maximum atomic E-state index is 13.6. The lowest BCUT2D eigenvalue weighted by Crippen LogP contribution is -2.25. The summed E-state index contributed by atoms with van der Waals surface area (Å²) in [7, 11) is 0. The van der Waals surface area contributed by atoms with Crippen molar-refractivity contribution in [3.63, 3.8) is 0 Å². The van der Waals surface area contributed by atoms with Gasteiger partial charge in [-0.25, -0.2) is 9.40 Å². The average Bonchev–Trinajstić information content (AvgIpc) is 3.46. The first-order valence-corrected chi connectivity index (χ1v) is 12.2. The molecule has 0 aromatic heterocycles. The minimum Gasteiger partial charge on any atom is -0.326 e. The lowest BCUT2D eigenvalue weighted by atomic mass is 9.99. The fraction of sp³-hybridized carbons (Fsp3) is 0.154. The van der Waals surface area contributed by atoms with Crippen molar-refractivity contribution in [3.8, 4) is 0 Å². The minimum absolute atomic E-state index is 0.0244. The second-order valence-corrected chi connectivity index (χ2v) is 9.73. The first kappa shape index (κ1) is 23.3. The molecular formula is C26H20ClFN4O2S. The molecule has 0 aliphatic carbocycles. The molecule has 2 atom stereocenters. The van der Waals surface area contributed by atoms with Crippen molar-refractivity contribution in [3.05, 3.63) is 101 Å². The Kier molecular flexibility index (Phi) is 6.66. The van der Waals surface area contributed by atoms with Crippen LogP contribution in [0.3, 0.4) is 0 Å². The number of rotatable bonds is 5. The molecule has 35 heavy (non-hydrogen) atoms. The molecule has 0 spiro atoms. The lowest BCUT2D eigenvalue weighted by Gasteiger charge is -2.23. The van der Waals surface area contributed by atoms with Crippen LogP contribution in [-0.4, -0.2) is 33.0 Å². The Labute approximate surface area is 210 Å². The van der Waals surface area contributed by atoms with Crippen molar-refractivity contribution in [1.29, 1.82) is 0 Å². The van der Waals surface area contributed by atoms with Gasteiger partial charge in [-0.15, -0.1) is 0 Å². The Balaban J connectivity index is 1.34. The molecule has 0 fully saturated rings. The highest BCUT2D eigenvalue weighted by molar-refractivity contribution is 8.15. The largest absolute Gasteiger partial charge is 0.326 e. The number of hydrogen-bond acceptors (Lipinski definition) is 5. The second-order valence-electron chi connectivity index (χ2n) is 8.13. The molecule has 3 aromatic carbocycles. The third kappa shape index (κ3) is 5.28. The van der Waals surface area contributed by atoms with E-state index in [9.17, 15) is 14.0 Å². The average molecular weight is 507 g/mol. The van der Waals surface area contributed by atoms with Crippen molar-refractivity contribution in [2.45, 2.75) is 24.1 Å². The number of amides is 2. The molecule has 0 radical (unpaired) electrons. The molecule has 2 aliphatic heterocycles. The minimum atomic E-state index is -0.651. The molecule has 6 nitrogen and oxygen atoms in total. The summed E-state index contributed by atoms with van der Waals surface area (Å²) in [5.74, 6) is -0.992. The van der Waals surface area contributed by atoms with Crippen LogP contribution in [0.25, 0.3) is 0 Å². The number of nitrogens with one attached hydrogen (secondary N) is 1. The molecule has 3 aromatic rings. The zero-order chi connectivity index (χ0) is 24.4. The Morgan fingerprint density at radius 1 is 1.06 bits per heavy atom. The fourth-order valence-electron chi connectivity index (χ4n) is 3.95. The third-order valence-electron chi connectivity index (χ3n) is 5.70. The van der Waals surface area contributed by atoms with E-state index in [0.29, 0.717) is 22.3 Å². The summed E-state index contributed by atoms with van der Waals surface area (Å²) >= 11 is 7.11. The van der Waals surface area contributed by atoms with Crippen LogP contribution in [-0.2, 0) is 9.59 Å². The molecule has 0 saturated heterocycles. The number of thioether (sulfide) groups is 1. The number of amidine groups is 1. The van der Waals surface area contributed by atoms with E-state index in [1.165, 1.54) is 23.9 Å². The Morgan fingerprint density at radius 2 is 1.77 bits per heavy atom. The van der Waals surface area contributed by atoms with Gasteiger partial charge >= 0.3 is 0 Å². The number of halogens is 2. The molecular weight excluding hydrogens is 487 g/mol. The zero-order valence-corrected chi connectivity index (χ0v) is 20.0. The third-order valence-corrected chi connectivity index (χ3v) is 7.09. The standard InChI is InChI=1S/C26H20ClFN4O2S/c27-18-8-12-20(13-9-18)29-24(33)15-23-25(34)30-26(35-23)32-22(17-6-10-19(28)11-7-17)14-21(31-32)16-4-2-1-3-5-16/h1-13,22-23H,14-15H2,(H,29,33)/t22-,23-/m1/s1. The molecule has 176 valence electrons. The smallest absolute Gasteiger partial charge is 0.262 e. The summed E-state index contributed by atoms with van der Waals surface area (Å²) in [6, 6.07) is 22.5. The zero-order valence-electron chi connectivity index (χ0n) is 18.4. The lowest BCUT2D eigenvalue weighted by molar-refractivity contribution is -0.121. The van der Waals surface area contributed by atoms with Crippen LogP contribution in [0, 0.1) is 5.82 Å². The van der Waals surface area contributed by atoms with E-state index >= 15 is 0 Å². The number of nitrogens with zero attached hydrogens (tertiary/aromatic N) is 3. The van der Waals surface area contributed by atoms with Crippen molar-refractivity contribution in [2.75, 3.05) is 5.32 Å². The van der Waals surface area contributed by atoms with E-state index in [0.717, 1.165) is 16.8 Å². The number of carbonyl (C=O) groups is 2. The molecule has 2 heterocycles. The molecule has 0 unspecified atom stereocenters. The van der Waals surface area contributed by atoms with E-state index in [1.54, 1.807) is 41.4 Å². The number of anilines is 1. The van der Waals surface area contributed by atoms with Gasteiger partial charge in [-0.2, -0.15) is 10.1 Å². The predicted molar refractivity (Wildman–Crippen MR) is 137 cm³/mol. The molecule has 2 amide bonds. The van der Waals surface area contributed by atoms with Gasteiger partial charge in [-0.1, -0.05) is 65.8 Å². The molecule has 9 heteroatoms. The highest BCUT2D eigenvalue weighted by Crippen LogP contribution is 2.38. The van der Waals surface area contributed by atoms with E-state index in [-0.39, 0.29) is 30.1 Å². The van der Waals surface area contributed by atoms with Crippen LogP contribution in [0.4, 0.5) is 10.1 Å². The van der Waals surface area contributed by atoms with E-state index in [2.05, 4.69) is 10.3 Å². The molecule has 5 rings (SSSR count). The quantitative estimate of drug-likeness (QED) is 0.484. The van der Waals surface area contributed by atoms with Crippen LogP contribution in [0.2, 0.25) is 5.02 Å². The topological polar surface area (TPSA) is 74.1 Å². The summed E-state index contributed by atoms with van der Waals surface area (Å²) in [6.07, 6.45) is 0.550. The van der Waals surface area contributed by atoms with Gasteiger partial charge < -0.3 is 5.32 Å².